The molecule has 0 radical (unpaired) electrons. The van der Waals surface area contributed by atoms with Crippen LogP contribution >= 0.6 is 23.2 Å². The van der Waals surface area contributed by atoms with Gasteiger partial charge in [-0.05, 0) is 55.8 Å². The van der Waals surface area contributed by atoms with Crippen molar-refractivity contribution in [1.82, 2.24) is 10.2 Å². The summed E-state index contributed by atoms with van der Waals surface area (Å²) in [5.41, 5.74) is 1.18. The first kappa shape index (κ1) is 29.2. The molecule has 39 heavy (non-hydrogen) atoms. The second-order valence-electron chi connectivity index (χ2n) is 9.78. The summed E-state index contributed by atoms with van der Waals surface area (Å²) in [7, 11) is -3.72. The lowest BCUT2D eigenvalue weighted by Gasteiger charge is -2.32. The lowest BCUT2D eigenvalue weighted by atomic mass is 10.1. The molecule has 3 aromatic carbocycles. The third-order valence-corrected chi connectivity index (χ3v) is 9.77. The van der Waals surface area contributed by atoms with Crippen LogP contribution in [0.25, 0.3) is 10.8 Å². The Morgan fingerprint density at radius 3 is 2.26 bits per heavy atom. The number of anilines is 1. The summed E-state index contributed by atoms with van der Waals surface area (Å²) in [4.78, 5) is 28.7. The molecule has 1 aliphatic heterocycles. The first-order valence-corrected chi connectivity index (χ1v) is 15.4. The molecule has 0 fully saturated rings. The third kappa shape index (κ3) is 5.88. The van der Waals surface area contributed by atoms with Gasteiger partial charge in [0.2, 0.25) is 11.8 Å². The van der Waals surface area contributed by atoms with Crippen LogP contribution in [-0.4, -0.2) is 43.8 Å². The van der Waals surface area contributed by atoms with Gasteiger partial charge < -0.3 is 10.2 Å². The third-order valence-electron chi connectivity index (χ3n) is 7.21. The summed E-state index contributed by atoms with van der Waals surface area (Å²) in [5, 5.41) is 5.35. The average molecular weight is 591 g/mol. The van der Waals surface area contributed by atoms with Crippen molar-refractivity contribution in [2.24, 2.45) is 0 Å². The highest BCUT2D eigenvalue weighted by atomic mass is 35.5. The SMILES string of the molecule is CC[C@@H](C)NC(=O)[C@@H](CC)N(Cc1c(Cl)cccc1Cl)C(=O)CCCN1c2cccc3cccc(c23)S1(=O)=O. The maximum atomic E-state index is 13.7. The Hall–Kier alpha value is -2.81. The van der Waals surface area contributed by atoms with Gasteiger partial charge in [-0.25, -0.2) is 8.42 Å². The fraction of sp³-hybridized carbons (Fsp3) is 0.379. The number of sulfonamides is 1. The van der Waals surface area contributed by atoms with Crippen molar-refractivity contribution in [3.05, 3.63) is 70.2 Å². The van der Waals surface area contributed by atoms with E-state index in [1.807, 2.05) is 39.0 Å². The fourth-order valence-corrected chi connectivity index (χ4v) is 7.20. The number of hydrogen-bond acceptors (Lipinski definition) is 4. The Labute approximate surface area is 240 Å². The quantitative estimate of drug-likeness (QED) is 0.290. The van der Waals surface area contributed by atoms with Crippen molar-refractivity contribution in [2.75, 3.05) is 10.8 Å². The Bertz CT molecular complexity index is 1470. The number of hydrogen-bond donors (Lipinski definition) is 1. The van der Waals surface area contributed by atoms with Crippen molar-refractivity contribution in [1.29, 1.82) is 0 Å². The Morgan fingerprint density at radius 1 is 0.974 bits per heavy atom. The number of amides is 2. The van der Waals surface area contributed by atoms with Gasteiger partial charge in [-0.15, -0.1) is 0 Å². The zero-order valence-electron chi connectivity index (χ0n) is 22.3. The number of rotatable bonds is 11. The Kier molecular flexibility index (Phi) is 9.09. The molecule has 2 amide bonds. The van der Waals surface area contributed by atoms with E-state index < -0.39 is 16.1 Å². The van der Waals surface area contributed by atoms with E-state index in [1.54, 1.807) is 36.4 Å². The normalized spacial score (nSPS) is 15.3. The number of carbonyl (C=O) groups is 2. The van der Waals surface area contributed by atoms with Crippen LogP contribution in [0.2, 0.25) is 10.0 Å². The van der Waals surface area contributed by atoms with Crippen molar-refractivity contribution in [3.8, 4) is 0 Å². The van der Waals surface area contributed by atoms with E-state index in [0.29, 0.717) is 33.1 Å². The van der Waals surface area contributed by atoms with Gasteiger partial charge in [-0.2, -0.15) is 0 Å². The molecule has 0 aromatic heterocycles. The molecule has 3 aromatic rings. The largest absolute Gasteiger partial charge is 0.352 e. The summed E-state index contributed by atoms with van der Waals surface area (Å²) < 4.78 is 28.0. The van der Waals surface area contributed by atoms with Crippen LogP contribution in [0.3, 0.4) is 0 Å². The number of benzene rings is 3. The van der Waals surface area contributed by atoms with E-state index in [4.69, 9.17) is 23.2 Å². The summed E-state index contributed by atoms with van der Waals surface area (Å²) in [5.74, 6) is -0.517. The van der Waals surface area contributed by atoms with Crippen molar-refractivity contribution in [3.63, 3.8) is 0 Å². The fourth-order valence-electron chi connectivity index (χ4n) is 4.93. The Balaban J connectivity index is 1.55. The van der Waals surface area contributed by atoms with Crippen LogP contribution in [0, 0.1) is 0 Å². The number of halogens is 2. The van der Waals surface area contributed by atoms with Crippen molar-refractivity contribution in [2.45, 2.75) is 70.0 Å². The maximum absolute atomic E-state index is 13.7. The predicted molar refractivity (Wildman–Crippen MR) is 157 cm³/mol. The summed E-state index contributed by atoms with van der Waals surface area (Å²) in [6, 6.07) is 15.1. The van der Waals surface area contributed by atoms with E-state index in [1.165, 1.54) is 9.21 Å². The number of carbonyl (C=O) groups excluding carboxylic acids is 2. The second-order valence-corrected chi connectivity index (χ2v) is 12.4. The molecule has 2 atom stereocenters. The molecule has 0 aliphatic carbocycles. The molecule has 10 heteroatoms. The molecule has 4 rings (SSSR count). The molecular formula is C29H33Cl2N3O4S. The van der Waals surface area contributed by atoms with Gasteiger partial charge >= 0.3 is 0 Å². The minimum atomic E-state index is -3.72. The molecule has 0 unspecified atom stereocenters. The van der Waals surface area contributed by atoms with Gasteiger partial charge in [0.1, 0.15) is 6.04 Å². The van der Waals surface area contributed by atoms with Crippen LogP contribution in [0.15, 0.2) is 59.5 Å². The highest BCUT2D eigenvalue weighted by molar-refractivity contribution is 7.93. The topological polar surface area (TPSA) is 86.8 Å². The monoisotopic (exact) mass is 589 g/mol. The van der Waals surface area contributed by atoms with Crippen molar-refractivity contribution >= 4 is 61.5 Å². The molecule has 0 bridgehead atoms. The van der Waals surface area contributed by atoms with Crippen LogP contribution in [0.1, 0.15) is 52.0 Å². The van der Waals surface area contributed by atoms with Gasteiger partial charge in [0.25, 0.3) is 10.0 Å². The standard InChI is InChI=1S/C29H33Cl2N3O4S/c1-4-19(3)32-29(36)24(5-2)33(18-21-22(30)12-8-13-23(21)31)27(35)16-9-17-34-25-14-6-10-20-11-7-15-26(28(20)25)39(34,37)38/h6-8,10-15,19,24H,4-5,9,16-18H2,1-3H3,(H,32,36)/t19-,24-/m1/s1. The lowest BCUT2D eigenvalue weighted by molar-refractivity contribution is -0.141. The van der Waals surface area contributed by atoms with E-state index in [9.17, 15) is 18.0 Å². The van der Waals surface area contributed by atoms with Crippen LogP contribution < -0.4 is 9.62 Å². The van der Waals surface area contributed by atoms with Crippen LogP contribution in [0.4, 0.5) is 5.69 Å². The molecule has 0 saturated heterocycles. The van der Waals surface area contributed by atoms with Gasteiger partial charge in [-0.1, -0.05) is 67.4 Å². The van der Waals surface area contributed by atoms with Gasteiger partial charge in [0.05, 0.1) is 10.6 Å². The summed E-state index contributed by atoms with van der Waals surface area (Å²) >= 11 is 12.8. The second kappa shape index (κ2) is 12.1. The molecule has 208 valence electrons. The minimum absolute atomic E-state index is 0.0443. The molecule has 1 heterocycles. The van der Waals surface area contributed by atoms with Gasteiger partial charge in [0.15, 0.2) is 0 Å². The smallest absolute Gasteiger partial charge is 0.265 e. The van der Waals surface area contributed by atoms with E-state index in [0.717, 1.165) is 11.8 Å². The Morgan fingerprint density at radius 2 is 1.62 bits per heavy atom. The maximum Gasteiger partial charge on any atom is 0.265 e. The van der Waals surface area contributed by atoms with Crippen LogP contribution in [-0.2, 0) is 26.2 Å². The molecule has 7 nitrogen and oxygen atoms in total. The van der Waals surface area contributed by atoms with E-state index in [2.05, 4.69) is 5.32 Å². The van der Waals surface area contributed by atoms with E-state index in [-0.39, 0.29) is 48.7 Å². The number of nitrogens with zero attached hydrogens (tertiary/aromatic N) is 2. The zero-order valence-corrected chi connectivity index (χ0v) is 24.6. The summed E-state index contributed by atoms with van der Waals surface area (Å²) in [6.45, 7) is 5.94. The number of nitrogens with one attached hydrogen (secondary N) is 1. The predicted octanol–water partition coefficient (Wildman–Crippen LogP) is 6.16. The summed E-state index contributed by atoms with van der Waals surface area (Å²) in [6.07, 6.45) is 1.48. The van der Waals surface area contributed by atoms with Crippen LogP contribution in [0.5, 0.6) is 0 Å². The van der Waals surface area contributed by atoms with Crippen molar-refractivity contribution < 1.29 is 18.0 Å². The van der Waals surface area contributed by atoms with Gasteiger partial charge in [0, 0.05) is 46.5 Å². The van der Waals surface area contributed by atoms with E-state index >= 15 is 0 Å². The molecule has 1 N–H and O–H groups in total. The highest BCUT2D eigenvalue weighted by Crippen LogP contribution is 2.42. The first-order chi connectivity index (χ1) is 18.6. The molecule has 0 spiro atoms. The molecule has 1 aliphatic rings. The molecular weight excluding hydrogens is 557 g/mol. The highest BCUT2D eigenvalue weighted by Gasteiger charge is 2.36. The zero-order chi connectivity index (χ0) is 28.3. The minimum Gasteiger partial charge on any atom is -0.352 e. The average Bonchev–Trinajstić information content (AvgIpc) is 3.13. The molecule has 0 saturated carbocycles. The lowest BCUT2D eigenvalue weighted by Crippen LogP contribution is -2.50. The first-order valence-electron chi connectivity index (χ1n) is 13.2. The van der Waals surface area contributed by atoms with Gasteiger partial charge in [-0.3, -0.25) is 13.9 Å².